The Morgan fingerprint density at radius 3 is 1.71 bits per heavy atom. The highest BCUT2D eigenvalue weighted by Crippen LogP contribution is 2.25. The highest BCUT2D eigenvalue weighted by atomic mass is 35.8. The zero-order chi connectivity index (χ0) is 5.91. The molecule has 0 aromatic rings. The quantitative estimate of drug-likeness (QED) is 0.444. The molecule has 0 aliphatic rings. The van der Waals surface area contributed by atoms with Gasteiger partial charge in [-0.25, -0.2) is 0 Å². The van der Waals surface area contributed by atoms with Gasteiger partial charge in [-0.15, -0.1) is 33.2 Å². The minimum absolute atomic E-state index is 0.475. The second-order valence-electron chi connectivity index (χ2n) is 1.15. The highest BCUT2D eigenvalue weighted by molar-refractivity contribution is 7.64. The molecule has 0 aromatic heterocycles. The fourth-order valence-corrected chi connectivity index (χ4v) is 1.47. The van der Waals surface area contributed by atoms with Crippen LogP contribution in [0.3, 0.4) is 0 Å². The maximum Gasteiger partial charge on any atom is 0.340 e. The van der Waals surface area contributed by atoms with Crippen LogP contribution in [0.25, 0.3) is 0 Å². The van der Waals surface area contributed by atoms with Crippen LogP contribution in [-0.4, -0.2) is 13.8 Å². The maximum absolute atomic E-state index is 5.42. The number of hydrogen-bond acceptors (Lipinski definition) is 0. The molecule has 5 heteroatoms. The summed E-state index contributed by atoms with van der Waals surface area (Å²) in [5.74, 6) is 0. The van der Waals surface area contributed by atoms with Crippen molar-refractivity contribution < 1.29 is 0 Å². The van der Waals surface area contributed by atoms with E-state index in [1.807, 2.05) is 0 Å². The van der Waals surface area contributed by atoms with Crippen molar-refractivity contribution in [2.24, 2.45) is 0 Å². The average Bonchev–Trinajstić information content (AvgIpc) is 1.30. The van der Waals surface area contributed by atoms with Crippen LogP contribution in [-0.2, 0) is 0 Å². The predicted molar refractivity (Wildman–Crippen MR) is 38.7 cm³/mol. The lowest BCUT2D eigenvalue weighted by molar-refractivity contribution is 1.44. The Bertz CT molecular complexity index is 51.4. The van der Waals surface area contributed by atoms with Gasteiger partial charge in [0.2, 0.25) is 0 Å². The van der Waals surface area contributed by atoms with Gasteiger partial charge in [0.25, 0.3) is 0 Å². The molecular formula is C2H4BCl3Si. The molecule has 0 fully saturated rings. The van der Waals surface area contributed by atoms with Gasteiger partial charge >= 0.3 is 6.00 Å². The molecule has 0 atom stereocenters. The number of rotatable bonds is 2. The Labute approximate surface area is 59.7 Å². The molecule has 0 saturated carbocycles. The van der Waals surface area contributed by atoms with Crippen molar-refractivity contribution in [3.63, 3.8) is 0 Å². The van der Waals surface area contributed by atoms with Crippen molar-refractivity contribution >= 4 is 47.1 Å². The summed E-state index contributed by atoms with van der Waals surface area (Å²) >= 11 is 16.3. The Morgan fingerprint density at radius 1 is 1.29 bits per heavy atom. The van der Waals surface area contributed by atoms with Crippen molar-refractivity contribution in [3.05, 3.63) is 0 Å². The molecule has 0 saturated heterocycles. The molecule has 7 heavy (non-hydrogen) atoms. The van der Waals surface area contributed by atoms with E-state index in [2.05, 4.69) is 0 Å². The summed E-state index contributed by atoms with van der Waals surface area (Å²) in [4.78, 5) is 0. The van der Waals surface area contributed by atoms with Crippen LogP contribution in [0.4, 0.5) is 0 Å². The summed E-state index contributed by atoms with van der Waals surface area (Å²) in [7, 11) is 5.10. The van der Waals surface area contributed by atoms with Gasteiger partial charge in [-0.2, -0.15) is 0 Å². The first-order valence-corrected chi connectivity index (χ1v) is 7.07. The summed E-state index contributed by atoms with van der Waals surface area (Å²) in [5, 5.41) is 0. The third kappa shape index (κ3) is 7.15. The maximum atomic E-state index is 5.42. The van der Waals surface area contributed by atoms with Crippen LogP contribution in [0.2, 0.25) is 12.4 Å². The van der Waals surface area contributed by atoms with Gasteiger partial charge < -0.3 is 0 Å². The van der Waals surface area contributed by atoms with Crippen LogP contribution in [0.15, 0.2) is 0 Å². The molecule has 0 nitrogen and oxygen atoms in total. The van der Waals surface area contributed by atoms with Gasteiger partial charge in [-0.3, -0.25) is 0 Å². The summed E-state index contributed by atoms with van der Waals surface area (Å²) < 4.78 is 0. The average molecular weight is 173 g/mol. The van der Waals surface area contributed by atoms with Crippen molar-refractivity contribution in [2.45, 2.75) is 12.4 Å². The molecule has 0 N–H and O–H groups in total. The summed E-state index contributed by atoms with van der Waals surface area (Å²) in [6.07, 6.45) is 0.475. The molecule has 0 heterocycles. The van der Waals surface area contributed by atoms with Gasteiger partial charge in [0.1, 0.15) is 0 Å². The standard InChI is InChI=1S/C2H4BCl3Si/c3-1-2-7(4,5)6/h1-2H2. The fraction of sp³-hybridized carbons (Fsp3) is 1.00. The van der Waals surface area contributed by atoms with Crippen LogP contribution >= 0.6 is 33.2 Å². The summed E-state index contributed by atoms with van der Waals surface area (Å²) in [6.45, 7) is 0. The fourth-order valence-electron chi connectivity index (χ4n) is 0.164. The molecule has 0 unspecified atom stereocenters. The summed E-state index contributed by atoms with van der Waals surface area (Å²) in [5.41, 5.74) is 0. The molecule has 40 valence electrons. The van der Waals surface area contributed by atoms with E-state index < -0.39 is 6.00 Å². The van der Waals surface area contributed by atoms with Gasteiger partial charge in [-0.1, -0.05) is 6.32 Å². The van der Waals surface area contributed by atoms with E-state index in [9.17, 15) is 0 Å². The van der Waals surface area contributed by atoms with Gasteiger partial charge in [0.05, 0.1) is 7.85 Å². The largest absolute Gasteiger partial charge is 0.340 e. The molecular weight excluding hydrogens is 169 g/mol. The lowest BCUT2D eigenvalue weighted by Gasteiger charge is -2.01. The lowest BCUT2D eigenvalue weighted by atomic mass is 10.1. The van der Waals surface area contributed by atoms with E-state index in [0.717, 1.165) is 0 Å². The second-order valence-corrected chi connectivity index (χ2v) is 10.4. The lowest BCUT2D eigenvalue weighted by Crippen LogP contribution is -2.06. The van der Waals surface area contributed by atoms with Crippen LogP contribution in [0.5, 0.6) is 0 Å². The minimum atomic E-state index is -2.37. The molecule has 0 aromatic carbocycles. The molecule has 2 radical (unpaired) electrons. The van der Waals surface area contributed by atoms with Crippen molar-refractivity contribution in [3.8, 4) is 0 Å². The van der Waals surface area contributed by atoms with Gasteiger partial charge in [0, 0.05) is 0 Å². The van der Waals surface area contributed by atoms with E-state index in [0.29, 0.717) is 12.4 Å². The predicted octanol–water partition coefficient (Wildman–Crippen LogP) is 2.23. The molecule has 0 amide bonds. The number of halogens is 3. The second kappa shape index (κ2) is 3.23. The Morgan fingerprint density at radius 2 is 1.71 bits per heavy atom. The normalized spacial score (nSPS) is 11.9. The van der Waals surface area contributed by atoms with E-state index in [1.165, 1.54) is 0 Å². The highest BCUT2D eigenvalue weighted by Gasteiger charge is 2.22. The van der Waals surface area contributed by atoms with E-state index in [4.69, 9.17) is 41.1 Å². The van der Waals surface area contributed by atoms with Crippen molar-refractivity contribution in [2.75, 3.05) is 0 Å². The smallest absolute Gasteiger partial charge is 0.126 e. The number of hydrogen-bond donors (Lipinski definition) is 0. The Balaban J connectivity index is 3.15. The Hall–Kier alpha value is 1.15. The van der Waals surface area contributed by atoms with Crippen LogP contribution in [0, 0.1) is 0 Å². The molecule has 0 rings (SSSR count). The summed E-state index contributed by atoms with van der Waals surface area (Å²) in [6, 6.07) is -1.81. The first kappa shape index (κ1) is 8.15. The third-order valence-electron chi connectivity index (χ3n) is 0.428. The zero-order valence-corrected chi connectivity index (χ0v) is 6.89. The molecule has 0 spiro atoms. The SMILES string of the molecule is [B]CC[Si](Cl)(Cl)Cl. The van der Waals surface area contributed by atoms with Crippen molar-refractivity contribution in [1.29, 1.82) is 0 Å². The molecule has 0 bridgehead atoms. The van der Waals surface area contributed by atoms with E-state index in [-0.39, 0.29) is 0 Å². The van der Waals surface area contributed by atoms with E-state index in [1.54, 1.807) is 0 Å². The van der Waals surface area contributed by atoms with Gasteiger partial charge in [0.15, 0.2) is 0 Å². The first-order chi connectivity index (χ1) is 3.06. The van der Waals surface area contributed by atoms with E-state index >= 15 is 0 Å². The third-order valence-corrected chi connectivity index (χ3v) is 2.98. The first-order valence-electron chi connectivity index (χ1n) is 1.83. The molecule has 0 aliphatic carbocycles. The minimum Gasteiger partial charge on any atom is -0.126 e. The Kier molecular flexibility index (Phi) is 3.76. The molecule has 0 aliphatic heterocycles. The van der Waals surface area contributed by atoms with Crippen LogP contribution < -0.4 is 0 Å². The monoisotopic (exact) mass is 172 g/mol. The van der Waals surface area contributed by atoms with Crippen molar-refractivity contribution in [1.82, 2.24) is 0 Å². The van der Waals surface area contributed by atoms with Gasteiger partial charge in [-0.05, 0) is 6.04 Å². The zero-order valence-electron chi connectivity index (χ0n) is 3.63. The topological polar surface area (TPSA) is 0 Å². The van der Waals surface area contributed by atoms with Crippen LogP contribution in [0.1, 0.15) is 0 Å².